The molecule has 5 nitrogen and oxygen atoms in total. The molecule has 1 N–H and O–H groups in total. The van der Waals surface area contributed by atoms with Crippen molar-refractivity contribution in [2.45, 2.75) is 39.2 Å². The quantitative estimate of drug-likeness (QED) is 0.838. The Hall–Kier alpha value is -1.46. The minimum absolute atomic E-state index is 0.490. The first-order chi connectivity index (χ1) is 10.6. The summed E-state index contributed by atoms with van der Waals surface area (Å²) in [7, 11) is 1.62. The number of methoxy groups -OCH3 is 1. The molecule has 122 valence electrons. The molecule has 1 saturated heterocycles. The number of pyridine rings is 1. The van der Waals surface area contributed by atoms with Crippen molar-refractivity contribution in [1.82, 2.24) is 9.88 Å². The molecule has 5 heteroatoms. The summed E-state index contributed by atoms with van der Waals surface area (Å²) in [5.41, 5.74) is 1.55. The van der Waals surface area contributed by atoms with Crippen LogP contribution in [0.25, 0.3) is 0 Å². The number of nitrogens with zero attached hydrogens (tertiary/aromatic N) is 2. The highest BCUT2D eigenvalue weighted by molar-refractivity contribution is 5.75. The number of carboxylic acid groups (broad SMARTS) is 1. The maximum atomic E-state index is 11.8. The van der Waals surface area contributed by atoms with Crippen LogP contribution in [0.3, 0.4) is 0 Å². The minimum Gasteiger partial charge on any atom is -0.481 e. The van der Waals surface area contributed by atoms with Gasteiger partial charge < -0.3 is 9.84 Å². The maximum Gasteiger partial charge on any atom is 0.311 e. The van der Waals surface area contributed by atoms with Crippen LogP contribution in [0.1, 0.15) is 37.4 Å². The van der Waals surface area contributed by atoms with Crippen LogP contribution in [0.4, 0.5) is 0 Å². The second-order valence-corrected chi connectivity index (χ2v) is 6.15. The number of ether oxygens (including phenoxy) is 1. The van der Waals surface area contributed by atoms with Crippen LogP contribution < -0.4 is 0 Å². The van der Waals surface area contributed by atoms with Crippen LogP contribution in [0.2, 0.25) is 0 Å². The van der Waals surface area contributed by atoms with Crippen molar-refractivity contribution in [2.75, 3.05) is 26.8 Å². The van der Waals surface area contributed by atoms with Crippen LogP contribution >= 0.6 is 0 Å². The minimum atomic E-state index is -0.705. The maximum absolute atomic E-state index is 11.8. The third-order valence-corrected chi connectivity index (χ3v) is 4.57. The van der Waals surface area contributed by atoms with Gasteiger partial charge in [-0.05, 0) is 43.9 Å². The average Bonchev–Trinajstić information content (AvgIpc) is 2.54. The van der Waals surface area contributed by atoms with Crippen molar-refractivity contribution in [3.63, 3.8) is 0 Å². The van der Waals surface area contributed by atoms with E-state index in [-0.39, 0.29) is 0 Å². The summed E-state index contributed by atoms with van der Waals surface area (Å²) >= 11 is 0. The second kappa shape index (κ2) is 7.70. The summed E-state index contributed by atoms with van der Waals surface area (Å²) in [6, 6.07) is 4.15. The third-order valence-electron chi connectivity index (χ3n) is 4.57. The van der Waals surface area contributed by atoms with E-state index in [2.05, 4.69) is 22.9 Å². The van der Waals surface area contributed by atoms with Crippen molar-refractivity contribution in [1.29, 1.82) is 0 Å². The van der Waals surface area contributed by atoms with Crippen LogP contribution in [-0.2, 0) is 22.5 Å². The molecule has 0 radical (unpaired) electrons. The molecular weight excluding hydrogens is 280 g/mol. The monoisotopic (exact) mass is 306 g/mol. The summed E-state index contributed by atoms with van der Waals surface area (Å²) in [6.45, 7) is 4.82. The Morgan fingerprint density at radius 2 is 2.32 bits per heavy atom. The average molecular weight is 306 g/mol. The Morgan fingerprint density at radius 3 is 2.91 bits per heavy atom. The van der Waals surface area contributed by atoms with Crippen LogP contribution in [-0.4, -0.2) is 47.8 Å². The predicted octanol–water partition coefficient (Wildman–Crippen LogP) is 2.35. The van der Waals surface area contributed by atoms with Gasteiger partial charge in [0.1, 0.15) is 0 Å². The number of rotatable bonds is 7. The summed E-state index contributed by atoms with van der Waals surface area (Å²) in [6.07, 6.45) is 5.09. The first kappa shape index (κ1) is 16.9. The predicted molar refractivity (Wildman–Crippen MR) is 84.7 cm³/mol. The van der Waals surface area contributed by atoms with Crippen molar-refractivity contribution in [2.24, 2.45) is 5.41 Å². The molecule has 1 aromatic heterocycles. The van der Waals surface area contributed by atoms with Gasteiger partial charge in [-0.1, -0.05) is 13.0 Å². The van der Waals surface area contributed by atoms with Crippen LogP contribution in [0, 0.1) is 5.41 Å². The highest BCUT2D eigenvalue weighted by atomic mass is 16.5. The smallest absolute Gasteiger partial charge is 0.311 e. The summed E-state index contributed by atoms with van der Waals surface area (Å²) in [5.74, 6) is -0.705. The Morgan fingerprint density at radius 1 is 1.50 bits per heavy atom. The van der Waals surface area contributed by atoms with Gasteiger partial charge in [-0.2, -0.15) is 0 Å². The summed E-state index contributed by atoms with van der Waals surface area (Å²) < 4.78 is 5.10. The zero-order valence-electron chi connectivity index (χ0n) is 13.5. The largest absolute Gasteiger partial charge is 0.481 e. The van der Waals surface area contributed by atoms with Crippen LogP contribution in [0.5, 0.6) is 0 Å². The molecule has 0 aliphatic carbocycles. The normalized spacial score (nSPS) is 22.6. The van der Waals surface area contributed by atoms with Crippen molar-refractivity contribution >= 4 is 5.97 Å². The first-order valence-electron chi connectivity index (χ1n) is 7.98. The molecule has 0 bridgehead atoms. The molecule has 2 rings (SSSR count). The van der Waals surface area contributed by atoms with Gasteiger partial charge in [0.05, 0.1) is 11.1 Å². The SMILES string of the molecule is CCc1ccc(CN2CCC[C@@](CCOC)(C(=O)O)C2)nc1. The molecule has 22 heavy (non-hydrogen) atoms. The van der Waals surface area contributed by atoms with E-state index >= 15 is 0 Å². The van der Waals surface area contributed by atoms with E-state index in [0.717, 1.165) is 31.5 Å². The number of aliphatic carboxylic acids is 1. The molecule has 1 fully saturated rings. The highest BCUT2D eigenvalue weighted by Gasteiger charge is 2.41. The second-order valence-electron chi connectivity index (χ2n) is 6.15. The molecule has 0 saturated carbocycles. The van der Waals surface area contributed by atoms with Crippen LogP contribution in [0.15, 0.2) is 18.3 Å². The van der Waals surface area contributed by atoms with E-state index in [4.69, 9.17) is 4.74 Å². The topological polar surface area (TPSA) is 62.7 Å². The van der Waals surface area contributed by atoms with Gasteiger partial charge >= 0.3 is 5.97 Å². The van der Waals surface area contributed by atoms with E-state index in [1.807, 2.05) is 12.3 Å². The fourth-order valence-corrected chi connectivity index (χ4v) is 3.13. The van der Waals surface area contributed by atoms with E-state index in [9.17, 15) is 9.90 Å². The Kier molecular flexibility index (Phi) is 5.91. The number of carbonyl (C=O) groups is 1. The van der Waals surface area contributed by atoms with Gasteiger partial charge in [0.2, 0.25) is 0 Å². The highest BCUT2D eigenvalue weighted by Crippen LogP contribution is 2.34. The van der Waals surface area contributed by atoms with E-state index < -0.39 is 11.4 Å². The lowest BCUT2D eigenvalue weighted by Crippen LogP contribution is -2.48. The van der Waals surface area contributed by atoms with Gasteiger partial charge in [-0.3, -0.25) is 14.7 Å². The first-order valence-corrected chi connectivity index (χ1v) is 7.98. The molecule has 1 atom stereocenters. The molecule has 1 aliphatic rings. The Labute approximate surface area is 132 Å². The standard InChI is InChI=1S/C17H26N2O3/c1-3-14-5-6-15(18-11-14)12-19-9-4-7-17(13-19,16(20)21)8-10-22-2/h5-6,11H,3-4,7-10,12-13H2,1-2H3,(H,20,21)/t17-/m0/s1. The number of aryl methyl sites for hydroxylation is 1. The van der Waals surface area contributed by atoms with Gasteiger partial charge in [0.25, 0.3) is 0 Å². The Bertz CT molecular complexity index is 489. The summed E-state index contributed by atoms with van der Waals surface area (Å²) in [4.78, 5) is 18.5. The van der Waals surface area contributed by atoms with E-state index in [1.165, 1.54) is 5.56 Å². The molecule has 2 heterocycles. The van der Waals surface area contributed by atoms with Gasteiger partial charge in [-0.25, -0.2) is 0 Å². The molecule has 1 aliphatic heterocycles. The fourth-order valence-electron chi connectivity index (χ4n) is 3.13. The van der Waals surface area contributed by atoms with Gasteiger partial charge in [0.15, 0.2) is 0 Å². The van der Waals surface area contributed by atoms with E-state index in [0.29, 0.717) is 26.1 Å². The molecule has 1 aromatic rings. The number of hydrogen-bond donors (Lipinski definition) is 1. The lowest BCUT2D eigenvalue weighted by Gasteiger charge is -2.39. The number of piperidine rings is 1. The van der Waals surface area contributed by atoms with Crippen molar-refractivity contribution < 1.29 is 14.6 Å². The van der Waals surface area contributed by atoms with Gasteiger partial charge in [-0.15, -0.1) is 0 Å². The lowest BCUT2D eigenvalue weighted by molar-refractivity contribution is -0.154. The number of carboxylic acids is 1. The molecule has 0 unspecified atom stereocenters. The molecule has 0 aromatic carbocycles. The molecule has 0 amide bonds. The number of hydrogen-bond acceptors (Lipinski definition) is 4. The number of aromatic nitrogens is 1. The molecular formula is C17H26N2O3. The van der Waals surface area contributed by atoms with Crippen molar-refractivity contribution in [3.8, 4) is 0 Å². The van der Waals surface area contributed by atoms with Gasteiger partial charge in [0, 0.05) is 33.0 Å². The lowest BCUT2D eigenvalue weighted by atomic mass is 9.77. The Balaban J connectivity index is 2.03. The van der Waals surface area contributed by atoms with E-state index in [1.54, 1.807) is 7.11 Å². The number of likely N-dealkylation sites (tertiary alicyclic amines) is 1. The zero-order valence-corrected chi connectivity index (χ0v) is 13.5. The third kappa shape index (κ3) is 4.05. The summed E-state index contributed by atoms with van der Waals surface area (Å²) in [5, 5.41) is 9.67. The zero-order chi connectivity index (χ0) is 16.0. The molecule has 0 spiro atoms. The fraction of sp³-hybridized carbons (Fsp3) is 0.647. The van der Waals surface area contributed by atoms with Crippen molar-refractivity contribution in [3.05, 3.63) is 29.6 Å².